The summed E-state index contributed by atoms with van der Waals surface area (Å²) in [6.45, 7) is 0.108. The number of benzene rings is 2. The SMILES string of the molecule is O=C(OC[C@H]1CC12C1=CC=C2n2c(=O)n(-c3ccccc3)c(=O)n21)c1ccc([N+](=O)[O-])cc1. The van der Waals surface area contributed by atoms with Crippen molar-refractivity contribution < 1.29 is 14.5 Å². The van der Waals surface area contributed by atoms with Crippen LogP contribution in [-0.4, -0.2) is 31.4 Å². The van der Waals surface area contributed by atoms with Gasteiger partial charge in [-0.1, -0.05) is 18.2 Å². The molecule has 3 aromatic rings. The number of aromatic nitrogens is 3. The predicted octanol–water partition coefficient (Wildman–Crippen LogP) is 2.28. The maximum absolute atomic E-state index is 13.1. The molecule has 6 rings (SSSR count). The van der Waals surface area contributed by atoms with Gasteiger partial charge in [0.1, 0.15) is 0 Å². The van der Waals surface area contributed by atoms with Gasteiger partial charge < -0.3 is 4.74 Å². The molecule has 0 N–H and O–H groups in total. The maximum Gasteiger partial charge on any atom is 0.356 e. The van der Waals surface area contributed by atoms with Gasteiger partial charge >= 0.3 is 17.3 Å². The van der Waals surface area contributed by atoms with E-state index in [4.69, 9.17) is 4.74 Å². The maximum atomic E-state index is 13.1. The number of non-ortho nitro benzene ring substituents is 1. The number of hydrogen-bond donors (Lipinski definition) is 0. The first-order valence-corrected chi connectivity index (χ1v) is 10.3. The van der Waals surface area contributed by atoms with Crippen LogP contribution in [0, 0.1) is 21.4 Å². The third-order valence-electron chi connectivity index (χ3n) is 6.56. The van der Waals surface area contributed by atoms with Crippen LogP contribution in [0.1, 0.15) is 16.8 Å². The summed E-state index contributed by atoms with van der Waals surface area (Å²) in [5.41, 5.74) is 0.655. The average Bonchev–Trinajstić information content (AvgIpc) is 3.25. The van der Waals surface area contributed by atoms with Crippen LogP contribution in [0.2, 0.25) is 0 Å². The van der Waals surface area contributed by atoms with E-state index in [0.29, 0.717) is 23.5 Å². The summed E-state index contributed by atoms with van der Waals surface area (Å²) in [7, 11) is 0. The molecule has 2 aliphatic carbocycles. The second-order valence-electron chi connectivity index (χ2n) is 8.24. The number of ether oxygens (including phenoxy) is 1. The zero-order chi connectivity index (χ0) is 22.9. The zero-order valence-electron chi connectivity index (χ0n) is 17.1. The van der Waals surface area contributed by atoms with Crippen LogP contribution in [0.3, 0.4) is 0 Å². The van der Waals surface area contributed by atoms with Crippen molar-refractivity contribution in [3.05, 3.63) is 103 Å². The number of nitro benzene ring substituents is 1. The standard InChI is InChI=1S/C23H16N4O6/c28-20(14-6-8-17(9-7-14)27(31)32)33-13-15-12-23(15)18-10-11-19(23)26-22(30)24(21(29)25(18)26)16-4-2-1-3-5-16/h1-11,15H,12-13H2/t15-/m1/s1. The van der Waals surface area contributed by atoms with Crippen molar-refractivity contribution in [1.82, 2.24) is 13.9 Å². The molecule has 33 heavy (non-hydrogen) atoms. The van der Waals surface area contributed by atoms with Crippen molar-refractivity contribution in [2.75, 3.05) is 6.61 Å². The van der Waals surface area contributed by atoms with Gasteiger partial charge in [0.25, 0.3) is 5.69 Å². The molecular formula is C23H16N4O6. The van der Waals surface area contributed by atoms with Gasteiger partial charge in [-0.05, 0) is 42.8 Å². The molecule has 0 radical (unpaired) electrons. The first kappa shape index (κ1) is 19.2. The Labute approximate surface area is 185 Å². The molecule has 164 valence electrons. The van der Waals surface area contributed by atoms with Crippen molar-refractivity contribution >= 4 is 23.1 Å². The molecule has 1 aliphatic heterocycles. The zero-order valence-corrected chi connectivity index (χ0v) is 17.1. The lowest BCUT2D eigenvalue weighted by Gasteiger charge is -2.10. The van der Waals surface area contributed by atoms with Crippen LogP contribution in [0.4, 0.5) is 5.69 Å². The minimum atomic E-state index is -0.580. The highest BCUT2D eigenvalue weighted by Gasteiger charge is 2.67. The fourth-order valence-corrected chi connectivity index (χ4v) is 4.90. The number of allylic oxidation sites excluding steroid dienone is 4. The number of rotatable bonds is 5. The number of hydrogen-bond acceptors (Lipinski definition) is 6. The van der Waals surface area contributed by atoms with Crippen LogP contribution in [0.15, 0.2) is 76.3 Å². The number of fused-ring (bicyclic) bond motifs is 3. The van der Waals surface area contributed by atoms with Crippen molar-refractivity contribution in [3.8, 4) is 5.69 Å². The Hall–Kier alpha value is -4.47. The van der Waals surface area contributed by atoms with Gasteiger partial charge in [-0.25, -0.2) is 19.0 Å². The fraction of sp³-hybridized carbons (Fsp3) is 0.174. The van der Waals surface area contributed by atoms with E-state index in [1.54, 1.807) is 24.3 Å². The number of carbonyl (C=O) groups excluding carboxylic acids is 1. The van der Waals surface area contributed by atoms with Gasteiger partial charge in [-0.15, -0.1) is 0 Å². The van der Waals surface area contributed by atoms with Crippen molar-refractivity contribution in [1.29, 1.82) is 0 Å². The molecule has 0 saturated heterocycles. The second-order valence-corrected chi connectivity index (χ2v) is 8.24. The first-order chi connectivity index (χ1) is 15.9. The molecule has 1 atom stereocenters. The molecule has 1 fully saturated rings. The van der Waals surface area contributed by atoms with E-state index in [2.05, 4.69) is 0 Å². The monoisotopic (exact) mass is 444 g/mol. The minimum absolute atomic E-state index is 0.0733. The average molecular weight is 444 g/mol. The molecule has 1 aromatic heterocycles. The lowest BCUT2D eigenvalue weighted by molar-refractivity contribution is -0.384. The summed E-state index contributed by atoms with van der Waals surface area (Å²) in [6.07, 6.45) is 4.32. The third kappa shape index (κ3) is 2.51. The summed E-state index contributed by atoms with van der Waals surface area (Å²) in [4.78, 5) is 48.9. The first-order valence-electron chi connectivity index (χ1n) is 10.3. The number of nitrogens with zero attached hydrogens (tertiary/aromatic N) is 4. The number of carbonyl (C=O) groups is 1. The lowest BCUT2D eigenvalue weighted by Crippen LogP contribution is -2.29. The van der Waals surface area contributed by atoms with Crippen molar-refractivity contribution in [3.63, 3.8) is 0 Å². The predicted molar refractivity (Wildman–Crippen MR) is 117 cm³/mol. The van der Waals surface area contributed by atoms with E-state index < -0.39 is 27.7 Å². The largest absolute Gasteiger partial charge is 0.462 e. The van der Waals surface area contributed by atoms with E-state index in [9.17, 15) is 24.5 Å². The summed E-state index contributed by atoms with van der Waals surface area (Å²) in [5, 5.41) is 10.8. The van der Waals surface area contributed by atoms with E-state index >= 15 is 0 Å². The molecule has 2 bridgehead atoms. The fourth-order valence-electron chi connectivity index (χ4n) is 4.90. The molecule has 3 aliphatic rings. The van der Waals surface area contributed by atoms with Crippen molar-refractivity contribution in [2.24, 2.45) is 11.3 Å². The van der Waals surface area contributed by atoms with Crippen LogP contribution < -0.4 is 11.4 Å². The van der Waals surface area contributed by atoms with Gasteiger partial charge in [0, 0.05) is 18.1 Å². The molecule has 10 nitrogen and oxygen atoms in total. The molecule has 2 heterocycles. The molecule has 1 saturated carbocycles. The van der Waals surface area contributed by atoms with Crippen molar-refractivity contribution in [2.45, 2.75) is 6.42 Å². The lowest BCUT2D eigenvalue weighted by atomic mass is 10.0. The van der Waals surface area contributed by atoms with E-state index in [1.807, 2.05) is 18.2 Å². The molecule has 0 unspecified atom stereocenters. The third-order valence-corrected chi connectivity index (χ3v) is 6.56. The van der Waals surface area contributed by atoms with Crippen LogP contribution in [0.25, 0.3) is 17.1 Å². The summed E-state index contributed by atoms with van der Waals surface area (Å²) >= 11 is 0. The van der Waals surface area contributed by atoms with Gasteiger partial charge in [-0.3, -0.25) is 10.1 Å². The smallest absolute Gasteiger partial charge is 0.356 e. The van der Waals surface area contributed by atoms with Gasteiger partial charge in [0.05, 0.1) is 39.6 Å². The summed E-state index contributed by atoms with van der Waals surface area (Å²) < 4.78 is 9.41. The van der Waals surface area contributed by atoms with Gasteiger partial charge in [-0.2, -0.15) is 9.36 Å². The molecule has 1 spiro atoms. The number of esters is 1. The Morgan fingerprint density at radius 2 is 1.61 bits per heavy atom. The van der Waals surface area contributed by atoms with Crippen LogP contribution in [-0.2, 0) is 4.74 Å². The quantitative estimate of drug-likeness (QED) is 0.338. The Balaban J connectivity index is 1.23. The molecule has 10 heteroatoms. The van der Waals surface area contributed by atoms with Crippen LogP contribution >= 0.6 is 0 Å². The Bertz CT molecular complexity index is 1470. The van der Waals surface area contributed by atoms with E-state index in [-0.39, 0.29) is 23.8 Å². The Morgan fingerprint density at radius 1 is 1.00 bits per heavy atom. The highest BCUT2D eigenvalue weighted by atomic mass is 16.6. The number of nitro groups is 1. The van der Waals surface area contributed by atoms with Crippen LogP contribution in [0.5, 0.6) is 0 Å². The highest BCUT2D eigenvalue weighted by Crippen LogP contribution is 2.69. The van der Waals surface area contributed by atoms with Gasteiger partial charge in [0.15, 0.2) is 0 Å². The summed E-state index contributed by atoms with van der Waals surface area (Å²) in [5.74, 6) is -0.653. The van der Waals surface area contributed by atoms with Gasteiger partial charge in [0.2, 0.25) is 0 Å². The van der Waals surface area contributed by atoms with E-state index in [1.165, 1.54) is 33.6 Å². The second kappa shape index (κ2) is 6.52. The molecule has 2 aromatic carbocycles. The number of para-hydroxylation sites is 1. The molecular weight excluding hydrogens is 428 g/mol. The Kier molecular flexibility index (Phi) is 3.80. The molecule has 0 amide bonds. The highest BCUT2D eigenvalue weighted by molar-refractivity contribution is 5.90. The minimum Gasteiger partial charge on any atom is -0.462 e. The normalized spacial score (nSPS) is 18.6. The topological polar surface area (TPSA) is 118 Å². The Morgan fingerprint density at radius 3 is 2.18 bits per heavy atom. The summed E-state index contributed by atoms with van der Waals surface area (Å²) in [6, 6.07) is 14.0. The van der Waals surface area contributed by atoms with E-state index in [0.717, 1.165) is 4.57 Å².